The Morgan fingerprint density at radius 3 is 2.78 bits per heavy atom. The summed E-state index contributed by atoms with van der Waals surface area (Å²) in [6.45, 7) is 4.22. The third-order valence-corrected chi connectivity index (χ3v) is 3.06. The highest BCUT2D eigenvalue weighted by Gasteiger charge is 2.13. The standard InChI is InChI=1S/C13H18N2O2S/c1-8-4-5-11(17-3)10(6-8)13(16)15-7-9(2)12(14)18/h4-6,9H,7H2,1-3H3,(H2,14,18)(H,15,16). The number of thiocarbonyl (C=S) groups is 1. The lowest BCUT2D eigenvalue weighted by Crippen LogP contribution is -2.33. The van der Waals surface area contributed by atoms with Crippen molar-refractivity contribution in [2.75, 3.05) is 13.7 Å². The van der Waals surface area contributed by atoms with Crippen molar-refractivity contribution < 1.29 is 9.53 Å². The van der Waals surface area contributed by atoms with Crippen LogP contribution in [-0.2, 0) is 0 Å². The monoisotopic (exact) mass is 266 g/mol. The average molecular weight is 266 g/mol. The molecule has 0 aliphatic heterocycles. The summed E-state index contributed by atoms with van der Waals surface area (Å²) in [6, 6.07) is 5.47. The van der Waals surface area contributed by atoms with Crippen molar-refractivity contribution in [1.82, 2.24) is 5.32 Å². The lowest BCUT2D eigenvalue weighted by Gasteiger charge is -2.13. The first-order chi connectivity index (χ1) is 8.45. The molecule has 1 rings (SSSR count). The fraction of sp³-hybridized carbons (Fsp3) is 0.385. The summed E-state index contributed by atoms with van der Waals surface area (Å²) in [5.41, 5.74) is 7.02. The molecule has 0 radical (unpaired) electrons. The summed E-state index contributed by atoms with van der Waals surface area (Å²) < 4.78 is 5.16. The van der Waals surface area contributed by atoms with Crippen LogP contribution in [0.15, 0.2) is 18.2 Å². The number of nitrogens with two attached hydrogens (primary N) is 1. The summed E-state index contributed by atoms with van der Waals surface area (Å²) in [6.07, 6.45) is 0. The van der Waals surface area contributed by atoms with Gasteiger partial charge in [-0.2, -0.15) is 0 Å². The number of carbonyl (C=O) groups is 1. The van der Waals surface area contributed by atoms with Gasteiger partial charge in [0, 0.05) is 12.5 Å². The van der Waals surface area contributed by atoms with E-state index in [1.54, 1.807) is 19.2 Å². The maximum absolute atomic E-state index is 12.0. The van der Waals surface area contributed by atoms with Crippen LogP contribution in [0.4, 0.5) is 0 Å². The topological polar surface area (TPSA) is 64.3 Å². The van der Waals surface area contributed by atoms with E-state index in [9.17, 15) is 4.79 Å². The third-order valence-electron chi connectivity index (χ3n) is 2.65. The molecule has 4 nitrogen and oxygen atoms in total. The zero-order chi connectivity index (χ0) is 13.7. The molecule has 3 N–H and O–H groups in total. The zero-order valence-electron chi connectivity index (χ0n) is 10.8. The highest BCUT2D eigenvalue weighted by atomic mass is 32.1. The van der Waals surface area contributed by atoms with Crippen molar-refractivity contribution in [3.63, 3.8) is 0 Å². The smallest absolute Gasteiger partial charge is 0.255 e. The maximum Gasteiger partial charge on any atom is 0.255 e. The average Bonchev–Trinajstić information content (AvgIpc) is 2.35. The van der Waals surface area contributed by atoms with Gasteiger partial charge in [-0.05, 0) is 19.1 Å². The van der Waals surface area contributed by atoms with Gasteiger partial charge in [-0.15, -0.1) is 0 Å². The van der Waals surface area contributed by atoms with Crippen molar-refractivity contribution in [1.29, 1.82) is 0 Å². The van der Waals surface area contributed by atoms with Gasteiger partial charge in [-0.3, -0.25) is 4.79 Å². The van der Waals surface area contributed by atoms with Gasteiger partial charge in [-0.1, -0.05) is 30.8 Å². The van der Waals surface area contributed by atoms with Crippen LogP contribution in [0.2, 0.25) is 0 Å². The third kappa shape index (κ3) is 3.70. The molecule has 0 heterocycles. The van der Waals surface area contributed by atoms with Crippen molar-refractivity contribution >= 4 is 23.1 Å². The lowest BCUT2D eigenvalue weighted by molar-refractivity contribution is 0.0948. The van der Waals surface area contributed by atoms with Crippen molar-refractivity contribution in [3.8, 4) is 5.75 Å². The summed E-state index contributed by atoms with van der Waals surface area (Å²) in [7, 11) is 1.54. The Bertz CT molecular complexity index is 460. The molecule has 5 heteroatoms. The fourth-order valence-corrected chi connectivity index (χ4v) is 1.52. The van der Waals surface area contributed by atoms with E-state index < -0.39 is 0 Å². The van der Waals surface area contributed by atoms with Crippen molar-refractivity contribution in [2.45, 2.75) is 13.8 Å². The molecule has 1 unspecified atom stereocenters. The predicted octanol–water partition coefficient (Wildman–Crippen LogP) is 1.66. The van der Waals surface area contributed by atoms with E-state index >= 15 is 0 Å². The molecule has 1 aromatic carbocycles. The minimum atomic E-state index is -0.182. The van der Waals surface area contributed by atoms with Gasteiger partial charge < -0.3 is 15.8 Å². The predicted molar refractivity (Wildman–Crippen MR) is 76.0 cm³/mol. The highest BCUT2D eigenvalue weighted by Crippen LogP contribution is 2.19. The van der Waals surface area contributed by atoms with Gasteiger partial charge in [0.2, 0.25) is 0 Å². The van der Waals surface area contributed by atoms with Crippen LogP contribution in [0.5, 0.6) is 5.75 Å². The van der Waals surface area contributed by atoms with Gasteiger partial charge in [0.1, 0.15) is 5.75 Å². The number of benzene rings is 1. The number of ether oxygens (including phenoxy) is 1. The Morgan fingerprint density at radius 2 is 2.22 bits per heavy atom. The van der Waals surface area contributed by atoms with E-state index in [2.05, 4.69) is 5.32 Å². The molecule has 0 aromatic heterocycles. The van der Waals surface area contributed by atoms with Crippen molar-refractivity contribution in [3.05, 3.63) is 29.3 Å². The van der Waals surface area contributed by atoms with E-state index in [-0.39, 0.29) is 11.8 Å². The number of methoxy groups -OCH3 is 1. The SMILES string of the molecule is COc1ccc(C)cc1C(=O)NCC(C)C(N)=S. The molecular weight excluding hydrogens is 248 g/mol. The second-order valence-corrected chi connectivity index (χ2v) is 4.69. The summed E-state index contributed by atoms with van der Waals surface area (Å²) in [5.74, 6) is 0.347. The second kappa shape index (κ2) is 6.35. The van der Waals surface area contributed by atoms with Gasteiger partial charge in [0.05, 0.1) is 17.7 Å². The number of rotatable bonds is 5. The Morgan fingerprint density at radius 1 is 1.56 bits per heavy atom. The van der Waals surface area contributed by atoms with E-state index in [4.69, 9.17) is 22.7 Å². The molecule has 1 amide bonds. The first-order valence-corrected chi connectivity index (χ1v) is 6.08. The lowest BCUT2D eigenvalue weighted by atomic mass is 10.1. The zero-order valence-corrected chi connectivity index (χ0v) is 11.6. The molecule has 0 aliphatic carbocycles. The number of amides is 1. The molecule has 18 heavy (non-hydrogen) atoms. The Kier molecular flexibility index (Phi) is 5.09. The van der Waals surface area contributed by atoms with Crippen LogP contribution in [0.1, 0.15) is 22.8 Å². The van der Waals surface area contributed by atoms with E-state index in [0.717, 1.165) is 5.56 Å². The Balaban J connectivity index is 2.78. The minimum Gasteiger partial charge on any atom is -0.496 e. The number of aryl methyl sites for hydroxylation is 1. The van der Waals surface area contributed by atoms with Crippen LogP contribution in [0.25, 0.3) is 0 Å². The molecular formula is C13H18N2O2S. The normalized spacial score (nSPS) is 11.7. The van der Waals surface area contributed by atoms with Gasteiger partial charge in [0.25, 0.3) is 5.91 Å². The molecule has 0 aliphatic rings. The summed E-state index contributed by atoms with van der Waals surface area (Å²) >= 11 is 4.86. The molecule has 0 saturated heterocycles. The van der Waals surface area contributed by atoms with Crippen LogP contribution in [-0.4, -0.2) is 24.6 Å². The van der Waals surface area contributed by atoms with Crippen LogP contribution in [0, 0.1) is 12.8 Å². The molecule has 0 fully saturated rings. The van der Waals surface area contributed by atoms with E-state index in [1.807, 2.05) is 19.9 Å². The van der Waals surface area contributed by atoms with Crippen LogP contribution >= 0.6 is 12.2 Å². The van der Waals surface area contributed by atoms with Crippen molar-refractivity contribution in [2.24, 2.45) is 11.7 Å². The highest BCUT2D eigenvalue weighted by molar-refractivity contribution is 7.80. The van der Waals surface area contributed by atoms with Gasteiger partial charge in [0.15, 0.2) is 0 Å². The number of carbonyl (C=O) groups excluding carboxylic acids is 1. The quantitative estimate of drug-likeness (QED) is 0.796. The molecule has 0 saturated carbocycles. The number of hydrogen-bond acceptors (Lipinski definition) is 3. The first kappa shape index (κ1) is 14.4. The van der Waals surface area contributed by atoms with Gasteiger partial charge in [-0.25, -0.2) is 0 Å². The van der Waals surface area contributed by atoms with E-state index in [0.29, 0.717) is 22.8 Å². The fourth-order valence-electron chi connectivity index (χ4n) is 1.44. The summed E-state index contributed by atoms with van der Waals surface area (Å²) in [5, 5.41) is 2.80. The Hall–Kier alpha value is -1.62. The number of hydrogen-bond donors (Lipinski definition) is 2. The largest absolute Gasteiger partial charge is 0.496 e. The first-order valence-electron chi connectivity index (χ1n) is 5.68. The molecule has 1 atom stereocenters. The minimum absolute atomic E-state index is 0.0280. The second-order valence-electron chi connectivity index (χ2n) is 4.22. The number of nitrogens with one attached hydrogen (secondary N) is 1. The molecule has 0 spiro atoms. The molecule has 0 bridgehead atoms. The Labute approximate surface area is 113 Å². The van der Waals surface area contributed by atoms with E-state index in [1.165, 1.54) is 0 Å². The molecule has 1 aromatic rings. The summed E-state index contributed by atoms with van der Waals surface area (Å²) in [4.78, 5) is 12.4. The molecule has 98 valence electrons. The van der Waals surface area contributed by atoms with Crippen LogP contribution in [0.3, 0.4) is 0 Å². The van der Waals surface area contributed by atoms with Gasteiger partial charge >= 0.3 is 0 Å². The maximum atomic E-state index is 12.0. The van der Waals surface area contributed by atoms with Crippen LogP contribution < -0.4 is 15.8 Å².